The second-order valence-corrected chi connectivity index (χ2v) is 9.59. The number of ether oxygens (including phenoxy) is 5. The zero-order valence-electron chi connectivity index (χ0n) is 25.9. The van der Waals surface area contributed by atoms with Crippen molar-refractivity contribution in [1.29, 1.82) is 0 Å². The molecular formula is C35H31N3O9. The number of carbonyl (C=O) groups is 4. The number of hydrazone groups is 1. The molecule has 47 heavy (non-hydrogen) atoms. The predicted molar refractivity (Wildman–Crippen MR) is 174 cm³/mol. The monoisotopic (exact) mass is 637 g/mol. The summed E-state index contributed by atoms with van der Waals surface area (Å²) in [7, 11) is 4.33. The van der Waals surface area contributed by atoms with Crippen LogP contribution in [0.1, 0.15) is 38.8 Å². The van der Waals surface area contributed by atoms with Crippen LogP contribution >= 0.6 is 0 Å². The quantitative estimate of drug-likeness (QED) is 0.0696. The number of benzene rings is 4. The summed E-state index contributed by atoms with van der Waals surface area (Å²) in [6, 6.07) is 22.5. The molecule has 0 spiro atoms. The first-order chi connectivity index (χ1) is 22.7. The van der Waals surface area contributed by atoms with Gasteiger partial charge in [0.25, 0.3) is 5.91 Å². The summed E-state index contributed by atoms with van der Waals surface area (Å²) in [6.07, 6.45) is 3.98. The van der Waals surface area contributed by atoms with Gasteiger partial charge in [0.05, 0.1) is 33.1 Å². The maximum atomic E-state index is 13.0. The largest absolute Gasteiger partial charge is 0.493 e. The van der Waals surface area contributed by atoms with Crippen molar-refractivity contribution in [1.82, 2.24) is 5.43 Å². The van der Waals surface area contributed by atoms with Crippen LogP contribution in [-0.2, 0) is 9.59 Å². The average molecular weight is 638 g/mol. The Bertz CT molecular complexity index is 1810. The van der Waals surface area contributed by atoms with E-state index in [-0.39, 0.29) is 34.5 Å². The maximum Gasteiger partial charge on any atom is 0.343 e. The highest BCUT2D eigenvalue weighted by molar-refractivity contribution is 5.97. The fourth-order valence-electron chi connectivity index (χ4n) is 4.18. The number of methoxy groups -OCH3 is 3. The summed E-state index contributed by atoms with van der Waals surface area (Å²) in [5.74, 6) is -0.787. The van der Waals surface area contributed by atoms with Gasteiger partial charge in [0.1, 0.15) is 11.5 Å². The van der Waals surface area contributed by atoms with E-state index in [0.717, 1.165) is 0 Å². The van der Waals surface area contributed by atoms with Crippen LogP contribution in [0, 0.1) is 0 Å². The van der Waals surface area contributed by atoms with Gasteiger partial charge in [-0.1, -0.05) is 30.3 Å². The molecule has 0 aliphatic carbocycles. The number of nitrogens with zero attached hydrogens (tertiary/aromatic N) is 1. The van der Waals surface area contributed by atoms with Gasteiger partial charge in [-0.25, -0.2) is 15.0 Å². The molecule has 0 aliphatic rings. The van der Waals surface area contributed by atoms with Gasteiger partial charge in [0.15, 0.2) is 11.5 Å². The van der Waals surface area contributed by atoms with Gasteiger partial charge in [-0.05, 0) is 60.7 Å². The summed E-state index contributed by atoms with van der Waals surface area (Å²) in [4.78, 5) is 49.4. The summed E-state index contributed by atoms with van der Waals surface area (Å²) < 4.78 is 27.1. The van der Waals surface area contributed by atoms with Gasteiger partial charge in [0, 0.05) is 35.4 Å². The van der Waals surface area contributed by atoms with Crippen LogP contribution in [0.5, 0.6) is 28.7 Å². The molecule has 0 aromatic heterocycles. The number of para-hydroxylation sites is 2. The van der Waals surface area contributed by atoms with E-state index in [0.29, 0.717) is 28.1 Å². The molecule has 0 fully saturated rings. The average Bonchev–Trinajstić information content (AvgIpc) is 3.07. The lowest BCUT2D eigenvalue weighted by molar-refractivity contribution is -0.128. The Morgan fingerprint density at radius 2 is 1.28 bits per heavy atom. The van der Waals surface area contributed by atoms with Crippen molar-refractivity contribution < 1.29 is 42.9 Å². The Morgan fingerprint density at radius 3 is 1.87 bits per heavy atom. The molecule has 4 aromatic rings. The molecule has 0 aliphatic heterocycles. The van der Waals surface area contributed by atoms with Gasteiger partial charge in [0.2, 0.25) is 11.7 Å². The smallest absolute Gasteiger partial charge is 0.343 e. The van der Waals surface area contributed by atoms with Crippen molar-refractivity contribution in [3.63, 3.8) is 0 Å². The molecule has 4 rings (SSSR count). The number of anilines is 1. The molecule has 4 aromatic carbocycles. The van der Waals surface area contributed by atoms with Gasteiger partial charge < -0.3 is 29.0 Å². The minimum atomic E-state index is -0.708. The summed E-state index contributed by atoms with van der Waals surface area (Å²) in [5, 5.41) is 6.60. The highest BCUT2D eigenvalue weighted by Crippen LogP contribution is 2.38. The Labute approximate surface area is 270 Å². The third-order valence-corrected chi connectivity index (χ3v) is 6.39. The Morgan fingerprint density at radius 1 is 0.681 bits per heavy atom. The van der Waals surface area contributed by atoms with E-state index in [9.17, 15) is 19.2 Å². The van der Waals surface area contributed by atoms with Crippen LogP contribution in [0.2, 0.25) is 0 Å². The molecule has 2 amide bonds. The Kier molecular flexibility index (Phi) is 11.4. The van der Waals surface area contributed by atoms with Crippen LogP contribution in [0.4, 0.5) is 5.69 Å². The number of hydrogen-bond acceptors (Lipinski definition) is 10. The van der Waals surface area contributed by atoms with Crippen molar-refractivity contribution in [3.05, 3.63) is 113 Å². The fraction of sp³-hybridized carbons (Fsp3) is 0.114. The highest BCUT2D eigenvalue weighted by Gasteiger charge is 2.19. The molecule has 0 atom stereocenters. The molecule has 0 unspecified atom stereocenters. The van der Waals surface area contributed by atoms with Gasteiger partial charge in [-0.2, -0.15) is 5.10 Å². The fourth-order valence-corrected chi connectivity index (χ4v) is 4.18. The van der Waals surface area contributed by atoms with Crippen LogP contribution in [0.3, 0.4) is 0 Å². The van der Waals surface area contributed by atoms with Gasteiger partial charge in [-0.3, -0.25) is 9.59 Å². The zero-order valence-corrected chi connectivity index (χ0v) is 25.9. The zero-order chi connectivity index (χ0) is 33.8. The first kappa shape index (κ1) is 33.5. The minimum absolute atomic E-state index is 0.159. The number of esters is 2. The predicted octanol–water partition coefficient (Wildman–Crippen LogP) is 5.27. The van der Waals surface area contributed by atoms with Crippen LogP contribution in [0.25, 0.3) is 6.08 Å². The van der Waals surface area contributed by atoms with E-state index in [1.807, 2.05) is 0 Å². The molecule has 0 saturated heterocycles. The number of nitrogens with one attached hydrogen (secondary N) is 2. The van der Waals surface area contributed by atoms with E-state index in [2.05, 4.69) is 15.8 Å². The second kappa shape index (κ2) is 16.0. The molecule has 0 heterocycles. The standard InChI is InChI=1S/C35H31N3O9/c1-22(39)37-27-16-13-24(14-17-27)34(41)38-36-21-25-10-6-8-12-29(25)46-32(40)18-15-23-9-5-7-11-28(23)47-35(42)26-19-30(43-2)33(45-4)31(20-26)44-3/h5-21H,1-4H3,(H,37,39)(H,38,41)/b18-15+,36-21+. The summed E-state index contributed by atoms with van der Waals surface area (Å²) >= 11 is 0. The molecule has 0 saturated carbocycles. The number of amides is 2. The molecule has 2 N–H and O–H groups in total. The molecule has 240 valence electrons. The van der Waals surface area contributed by atoms with E-state index in [1.165, 1.54) is 58.8 Å². The lowest BCUT2D eigenvalue weighted by atomic mass is 10.1. The molecule has 12 heteroatoms. The lowest BCUT2D eigenvalue weighted by Gasteiger charge is -2.14. The van der Waals surface area contributed by atoms with Gasteiger partial charge >= 0.3 is 11.9 Å². The number of hydrogen-bond donors (Lipinski definition) is 2. The van der Waals surface area contributed by atoms with Crippen molar-refractivity contribution in [3.8, 4) is 28.7 Å². The number of carbonyl (C=O) groups excluding carboxylic acids is 4. The van der Waals surface area contributed by atoms with Gasteiger partial charge in [-0.15, -0.1) is 0 Å². The van der Waals surface area contributed by atoms with Crippen molar-refractivity contribution in [2.24, 2.45) is 5.10 Å². The molecule has 0 bridgehead atoms. The lowest BCUT2D eigenvalue weighted by Crippen LogP contribution is -2.17. The summed E-state index contributed by atoms with van der Waals surface area (Å²) in [6.45, 7) is 1.39. The first-order valence-corrected chi connectivity index (χ1v) is 14.0. The maximum absolute atomic E-state index is 13.0. The van der Waals surface area contributed by atoms with Crippen LogP contribution in [0.15, 0.2) is 96.1 Å². The second-order valence-electron chi connectivity index (χ2n) is 9.59. The molecular weight excluding hydrogens is 606 g/mol. The van der Waals surface area contributed by atoms with Crippen LogP contribution in [-0.4, -0.2) is 51.3 Å². The Balaban J connectivity index is 1.41. The highest BCUT2D eigenvalue weighted by atomic mass is 16.5. The van der Waals surface area contributed by atoms with E-state index in [1.54, 1.807) is 72.8 Å². The minimum Gasteiger partial charge on any atom is -0.493 e. The van der Waals surface area contributed by atoms with E-state index < -0.39 is 17.8 Å². The van der Waals surface area contributed by atoms with Crippen molar-refractivity contribution in [2.75, 3.05) is 26.6 Å². The molecule has 0 radical (unpaired) electrons. The van der Waals surface area contributed by atoms with Crippen molar-refractivity contribution >= 4 is 41.7 Å². The normalized spacial score (nSPS) is 10.7. The third-order valence-electron chi connectivity index (χ3n) is 6.39. The Hall–Kier alpha value is -6.43. The van der Waals surface area contributed by atoms with Crippen molar-refractivity contribution in [2.45, 2.75) is 6.92 Å². The third kappa shape index (κ3) is 9.05. The molecule has 12 nitrogen and oxygen atoms in total. The number of rotatable bonds is 12. The summed E-state index contributed by atoms with van der Waals surface area (Å²) in [5.41, 5.74) is 4.32. The SMILES string of the molecule is COc1cc(C(=O)Oc2ccccc2/C=C/C(=O)Oc2ccccc2/C=N/NC(=O)c2ccc(NC(C)=O)cc2)cc(OC)c1OC. The first-order valence-electron chi connectivity index (χ1n) is 14.0. The topological polar surface area (TPSA) is 151 Å². The van der Waals surface area contributed by atoms with Crippen LogP contribution < -0.4 is 34.4 Å². The van der Waals surface area contributed by atoms with E-state index >= 15 is 0 Å². The van der Waals surface area contributed by atoms with E-state index in [4.69, 9.17) is 23.7 Å².